The van der Waals surface area contributed by atoms with Crippen molar-refractivity contribution in [2.24, 2.45) is 0 Å². The van der Waals surface area contributed by atoms with E-state index in [2.05, 4.69) is 38.1 Å². The Morgan fingerprint density at radius 3 is 2.74 bits per heavy atom. The van der Waals surface area contributed by atoms with Gasteiger partial charge in [0.2, 0.25) is 0 Å². The summed E-state index contributed by atoms with van der Waals surface area (Å²) >= 11 is 0. The van der Waals surface area contributed by atoms with Crippen molar-refractivity contribution < 1.29 is 10.0 Å². The number of carbonyl (C=O) groups excluding carboxylic acids is 1. The highest BCUT2D eigenvalue weighted by Crippen LogP contribution is 2.34. The van der Waals surface area contributed by atoms with Crippen LogP contribution in [-0.2, 0) is 12.8 Å². The lowest BCUT2D eigenvalue weighted by Gasteiger charge is -2.26. The number of hydrogen-bond acceptors (Lipinski definition) is 2. The number of fused-ring (bicyclic) bond motifs is 1. The number of nitrogens with one attached hydrogen (secondary N) is 1. The van der Waals surface area contributed by atoms with Gasteiger partial charge in [0, 0.05) is 5.56 Å². The molecule has 23 heavy (non-hydrogen) atoms. The Morgan fingerprint density at radius 1 is 1.17 bits per heavy atom. The maximum absolute atomic E-state index is 11.5. The molecule has 2 aromatic carbocycles. The second-order valence-corrected chi connectivity index (χ2v) is 6.69. The maximum Gasteiger partial charge on any atom is 0.274 e. The summed E-state index contributed by atoms with van der Waals surface area (Å²) in [6.07, 6.45) is 3.08. The molecule has 3 rings (SSSR count). The molecule has 0 heterocycles. The molecule has 2 aromatic rings. The number of rotatable bonds is 3. The van der Waals surface area contributed by atoms with Crippen LogP contribution in [0.25, 0.3) is 0 Å². The molecule has 1 atom stereocenters. The minimum Gasteiger partial charge on any atom is -0.288 e. The summed E-state index contributed by atoms with van der Waals surface area (Å²) in [6, 6.07) is 14.7. The topological polar surface area (TPSA) is 49.3 Å². The van der Waals surface area contributed by atoms with Crippen molar-refractivity contribution in [3.8, 4) is 0 Å². The molecule has 0 saturated heterocycles. The standard InChI is InChI=1S/C20H23NO2/c1-13(2)14-4-3-5-15(10-14)16-6-7-18-12-19(20(22)21-23)9-8-17(18)11-16/h3-5,8-10,12-13,16,23H,6-7,11H2,1-2H3,(H,21,22). The van der Waals surface area contributed by atoms with E-state index in [1.807, 2.05) is 12.1 Å². The number of hydroxylamine groups is 1. The van der Waals surface area contributed by atoms with Crippen molar-refractivity contribution >= 4 is 5.91 Å². The number of benzene rings is 2. The Balaban J connectivity index is 1.83. The van der Waals surface area contributed by atoms with Gasteiger partial charge in [-0.15, -0.1) is 0 Å². The molecular weight excluding hydrogens is 286 g/mol. The summed E-state index contributed by atoms with van der Waals surface area (Å²) < 4.78 is 0. The molecule has 1 aliphatic carbocycles. The van der Waals surface area contributed by atoms with Gasteiger partial charge in [-0.2, -0.15) is 0 Å². The number of aryl methyl sites for hydroxylation is 1. The first-order chi connectivity index (χ1) is 11.1. The number of amides is 1. The Kier molecular flexibility index (Phi) is 4.49. The normalized spacial score (nSPS) is 17.0. The van der Waals surface area contributed by atoms with Crippen LogP contribution in [0, 0.1) is 0 Å². The van der Waals surface area contributed by atoms with E-state index < -0.39 is 5.91 Å². The van der Waals surface area contributed by atoms with E-state index in [0.29, 0.717) is 17.4 Å². The second kappa shape index (κ2) is 6.55. The van der Waals surface area contributed by atoms with Crippen molar-refractivity contribution in [1.29, 1.82) is 0 Å². The molecule has 0 spiro atoms. The number of carbonyl (C=O) groups is 1. The first kappa shape index (κ1) is 15.8. The fourth-order valence-electron chi connectivity index (χ4n) is 3.42. The van der Waals surface area contributed by atoms with E-state index in [9.17, 15) is 4.79 Å². The van der Waals surface area contributed by atoms with Gasteiger partial charge in [0.25, 0.3) is 5.91 Å². The zero-order chi connectivity index (χ0) is 16.4. The molecule has 3 heteroatoms. The van der Waals surface area contributed by atoms with Crippen LogP contribution in [0.15, 0.2) is 42.5 Å². The molecule has 1 aliphatic rings. The summed E-state index contributed by atoms with van der Waals surface area (Å²) in [5, 5.41) is 8.75. The van der Waals surface area contributed by atoms with E-state index in [1.165, 1.54) is 22.3 Å². The third-order valence-electron chi connectivity index (χ3n) is 4.85. The maximum atomic E-state index is 11.5. The largest absolute Gasteiger partial charge is 0.288 e. The summed E-state index contributed by atoms with van der Waals surface area (Å²) in [5.41, 5.74) is 7.56. The second-order valence-electron chi connectivity index (χ2n) is 6.69. The smallest absolute Gasteiger partial charge is 0.274 e. The minimum atomic E-state index is -0.445. The van der Waals surface area contributed by atoms with Crippen LogP contribution >= 0.6 is 0 Å². The lowest BCUT2D eigenvalue weighted by molar-refractivity contribution is 0.0706. The van der Waals surface area contributed by atoms with Crippen molar-refractivity contribution in [3.05, 3.63) is 70.3 Å². The third-order valence-corrected chi connectivity index (χ3v) is 4.85. The average molecular weight is 309 g/mol. The van der Waals surface area contributed by atoms with Gasteiger partial charge >= 0.3 is 0 Å². The van der Waals surface area contributed by atoms with Crippen LogP contribution in [0.1, 0.15) is 64.7 Å². The van der Waals surface area contributed by atoms with Gasteiger partial charge in [-0.25, -0.2) is 5.48 Å². The molecule has 3 nitrogen and oxygen atoms in total. The Morgan fingerprint density at radius 2 is 2.00 bits per heavy atom. The molecule has 120 valence electrons. The van der Waals surface area contributed by atoms with Crippen LogP contribution < -0.4 is 5.48 Å². The predicted molar refractivity (Wildman–Crippen MR) is 91.0 cm³/mol. The fraction of sp³-hybridized carbons (Fsp3) is 0.350. The minimum absolute atomic E-state index is 0.445. The molecule has 0 aromatic heterocycles. The highest BCUT2D eigenvalue weighted by atomic mass is 16.5. The van der Waals surface area contributed by atoms with Crippen LogP contribution in [0.5, 0.6) is 0 Å². The van der Waals surface area contributed by atoms with Gasteiger partial charge in [-0.3, -0.25) is 10.0 Å². The highest BCUT2D eigenvalue weighted by molar-refractivity contribution is 5.93. The van der Waals surface area contributed by atoms with Gasteiger partial charge < -0.3 is 0 Å². The molecular formula is C20H23NO2. The van der Waals surface area contributed by atoms with Crippen LogP contribution in [0.4, 0.5) is 0 Å². The third kappa shape index (κ3) is 3.30. The molecule has 0 aliphatic heterocycles. The molecule has 0 radical (unpaired) electrons. The Bertz CT molecular complexity index is 721. The summed E-state index contributed by atoms with van der Waals surface area (Å²) in [6.45, 7) is 4.45. The molecule has 2 N–H and O–H groups in total. The first-order valence-corrected chi connectivity index (χ1v) is 8.24. The first-order valence-electron chi connectivity index (χ1n) is 8.24. The van der Waals surface area contributed by atoms with E-state index in [4.69, 9.17) is 5.21 Å². The summed E-state index contributed by atoms with van der Waals surface area (Å²) in [7, 11) is 0. The van der Waals surface area contributed by atoms with Crippen molar-refractivity contribution in [2.75, 3.05) is 0 Å². The van der Waals surface area contributed by atoms with Crippen molar-refractivity contribution in [1.82, 2.24) is 5.48 Å². The zero-order valence-electron chi connectivity index (χ0n) is 13.7. The zero-order valence-corrected chi connectivity index (χ0v) is 13.7. The van der Waals surface area contributed by atoms with Gasteiger partial charge in [0.1, 0.15) is 0 Å². The summed E-state index contributed by atoms with van der Waals surface area (Å²) in [5.74, 6) is 0.642. The van der Waals surface area contributed by atoms with Gasteiger partial charge in [-0.1, -0.05) is 44.2 Å². The van der Waals surface area contributed by atoms with E-state index in [0.717, 1.165) is 19.3 Å². The van der Waals surface area contributed by atoms with Crippen molar-refractivity contribution in [3.63, 3.8) is 0 Å². The molecule has 0 fully saturated rings. The van der Waals surface area contributed by atoms with E-state index >= 15 is 0 Å². The molecule has 1 amide bonds. The lowest BCUT2D eigenvalue weighted by atomic mass is 9.79. The van der Waals surface area contributed by atoms with E-state index in [1.54, 1.807) is 11.5 Å². The fourth-order valence-corrected chi connectivity index (χ4v) is 3.42. The van der Waals surface area contributed by atoms with Crippen molar-refractivity contribution in [2.45, 2.75) is 44.9 Å². The van der Waals surface area contributed by atoms with Gasteiger partial charge in [0.15, 0.2) is 0 Å². The Labute approximate surface area is 137 Å². The summed E-state index contributed by atoms with van der Waals surface area (Å²) in [4.78, 5) is 11.5. The van der Waals surface area contributed by atoms with Crippen LogP contribution in [0.2, 0.25) is 0 Å². The Hall–Kier alpha value is -2.13. The lowest BCUT2D eigenvalue weighted by Crippen LogP contribution is -2.20. The van der Waals surface area contributed by atoms with Gasteiger partial charge in [0.05, 0.1) is 0 Å². The SMILES string of the molecule is CC(C)c1cccc(C2CCc3cc(C(=O)NO)ccc3C2)c1. The monoisotopic (exact) mass is 309 g/mol. The van der Waals surface area contributed by atoms with Gasteiger partial charge in [-0.05, 0) is 65.5 Å². The molecule has 0 saturated carbocycles. The van der Waals surface area contributed by atoms with Crippen LogP contribution in [0.3, 0.4) is 0 Å². The molecule has 1 unspecified atom stereocenters. The quantitative estimate of drug-likeness (QED) is 0.659. The highest BCUT2D eigenvalue weighted by Gasteiger charge is 2.21. The van der Waals surface area contributed by atoms with E-state index in [-0.39, 0.29) is 0 Å². The molecule has 0 bridgehead atoms. The predicted octanol–water partition coefficient (Wildman–Crippen LogP) is 4.20. The van der Waals surface area contributed by atoms with Crippen LogP contribution in [-0.4, -0.2) is 11.1 Å². The number of hydrogen-bond donors (Lipinski definition) is 2. The average Bonchev–Trinajstić information content (AvgIpc) is 2.60.